The summed E-state index contributed by atoms with van der Waals surface area (Å²) < 4.78 is 25.2. The molecule has 0 unspecified atom stereocenters. The van der Waals surface area contributed by atoms with Crippen molar-refractivity contribution in [3.05, 3.63) is 118 Å². The van der Waals surface area contributed by atoms with Crippen molar-refractivity contribution in [2.75, 3.05) is 0 Å². The Bertz CT molecular complexity index is 1260. The molecular formula is C30H32N2O7. The predicted octanol–water partition coefficient (Wildman–Crippen LogP) is 4.65. The summed E-state index contributed by atoms with van der Waals surface area (Å²) >= 11 is 0. The summed E-state index contributed by atoms with van der Waals surface area (Å²) in [4.78, 5) is 18.9. The first-order valence-corrected chi connectivity index (χ1v) is 13.2. The van der Waals surface area contributed by atoms with Crippen molar-refractivity contribution in [2.45, 2.75) is 75.6 Å². The number of hydroxylamine groups is 2. The number of hydrogen-bond donors (Lipinski definition) is 0. The molecule has 0 bridgehead atoms. The Labute approximate surface area is 227 Å². The monoisotopic (exact) mass is 532 g/mol. The average Bonchev–Trinajstić information content (AvgIpc) is 3.56. The van der Waals surface area contributed by atoms with Crippen LogP contribution < -0.4 is 0 Å². The van der Waals surface area contributed by atoms with E-state index in [0.29, 0.717) is 13.2 Å². The zero-order valence-electron chi connectivity index (χ0n) is 21.9. The van der Waals surface area contributed by atoms with Gasteiger partial charge in [-0.05, 0) is 30.5 Å². The van der Waals surface area contributed by atoms with Gasteiger partial charge in [0.2, 0.25) is 0 Å². The minimum absolute atomic E-state index is 0.259. The van der Waals surface area contributed by atoms with Crippen LogP contribution in [0.2, 0.25) is 0 Å². The zero-order valence-corrected chi connectivity index (χ0v) is 21.9. The van der Waals surface area contributed by atoms with Gasteiger partial charge in [0.25, 0.3) is 6.04 Å². The Balaban J connectivity index is 1.36. The molecule has 9 heteroatoms. The maximum absolute atomic E-state index is 12.7. The van der Waals surface area contributed by atoms with Crippen molar-refractivity contribution in [1.82, 2.24) is 5.06 Å². The number of hydrogen-bond acceptors (Lipinski definition) is 8. The quantitative estimate of drug-likeness (QED) is 0.306. The molecule has 0 aliphatic carbocycles. The molecule has 0 N–H and O–H groups in total. The molecule has 0 saturated carbocycles. The number of fused-ring (bicyclic) bond motifs is 1. The molecule has 3 aromatic rings. The highest BCUT2D eigenvalue weighted by atomic mass is 16.8. The van der Waals surface area contributed by atoms with Crippen molar-refractivity contribution in [2.24, 2.45) is 0 Å². The SMILES string of the molecule is CC1(C)O[C@H]2O[C@H]([C@@H]3[C@H]([N+](=O)[O-])[C@@H](c4ccccc4)ON3Cc3ccccc3)[C@H](OCc3ccccc3)[C@H]2O1. The summed E-state index contributed by atoms with van der Waals surface area (Å²) in [5.74, 6) is -0.861. The van der Waals surface area contributed by atoms with E-state index in [9.17, 15) is 10.1 Å². The van der Waals surface area contributed by atoms with Crippen molar-refractivity contribution < 1.29 is 28.7 Å². The van der Waals surface area contributed by atoms with Gasteiger partial charge in [-0.1, -0.05) is 91.0 Å². The van der Waals surface area contributed by atoms with Gasteiger partial charge >= 0.3 is 0 Å². The highest BCUT2D eigenvalue weighted by Crippen LogP contribution is 2.46. The maximum atomic E-state index is 12.7. The van der Waals surface area contributed by atoms with Gasteiger partial charge in [0, 0.05) is 11.5 Å². The van der Waals surface area contributed by atoms with Gasteiger partial charge < -0.3 is 18.9 Å². The Morgan fingerprint density at radius 3 is 2.13 bits per heavy atom. The largest absolute Gasteiger partial charge is 0.368 e. The summed E-state index contributed by atoms with van der Waals surface area (Å²) in [7, 11) is 0. The van der Waals surface area contributed by atoms with E-state index in [4.69, 9.17) is 23.8 Å². The lowest BCUT2D eigenvalue weighted by atomic mass is 9.91. The molecule has 3 aliphatic heterocycles. The fourth-order valence-corrected chi connectivity index (χ4v) is 5.76. The van der Waals surface area contributed by atoms with Crippen LogP contribution in [0.3, 0.4) is 0 Å². The van der Waals surface area contributed by atoms with Gasteiger partial charge in [0.1, 0.15) is 24.4 Å². The third kappa shape index (κ3) is 5.34. The van der Waals surface area contributed by atoms with Gasteiger partial charge in [0.15, 0.2) is 18.2 Å². The van der Waals surface area contributed by atoms with Crippen LogP contribution in [0.5, 0.6) is 0 Å². The van der Waals surface area contributed by atoms with E-state index in [1.165, 1.54) is 0 Å². The van der Waals surface area contributed by atoms with Crippen LogP contribution in [0.15, 0.2) is 91.0 Å². The first kappa shape index (κ1) is 26.1. The number of nitro groups is 1. The summed E-state index contributed by atoms with van der Waals surface area (Å²) in [6, 6.07) is 27.0. The topological polar surface area (TPSA) is 92.5 Å². The van der Waals surface area contributed by atoms with E-state index < -0.39 is 48.6 Å². The lowest BCUT2D eigenvalue weighted by molar-refractivity contribution is -0.533. The van der Waals surface area contributed by atoms with Crippen LogP contribution >= 0.6 is 0 Å². The van der Waals surface area contributed by atoms with E-state index in [1.54, 1.807) is 5.06 Å². The number of rotatable bonds is 8. The highest BCUT2D eigenvalue weighted by Gasteiger charge is 2.64. The van der Waals surface area contributed by atoms with E-state index >= 15 is 0 Å². The summed E-state index contributed by atoms with van der Waals surface area (Å²) in [6.07, 6.45) is -3.43. The van der Waals surface area contributed by atoms with Crippen LogP contribution in [0.25, 0.3) is 0 Å². The number of nitrogens with zero attached hydrogens (tertiary/aromatic N) is 2. The standard InChI is InChI=1S/C30H32N2O7/c1-30(2)37-28-27(35-19-21-14-8-4-9-15-21)26(36-29(28)38-30)23-24(32(33)34)25(22-16-10-5-11-17-22)39-31(23)18-20-12-6-3-7-13-20/h3-17,23-29H,18-19H2,1-2H3/t23-,24-,25+,26+,27-,28+,29+/m0/s1. The molecule has 3 aromatic carbocycles. The van der Waals surface area contributed by atoms with Crippen LogP contribution in [-0.4, -0.2) is 52.5 Å². The first-order valence-electron chi connectivity index (χ1n) is 13.2. The Morgan fingerprint density at radius 2 is 1.49 bits per heavy atom. The summed E-state index contributed by atoms with van der Waals surface area (Å²) in [5, 5.41) is 14.4. The van der Waals surface area contributed by atoms with Gasteiger partial charge in [-0.15, -0.1) is 0 Å². The molecule has 7 atom stereocenters. The van der Waals surface area contributed by atoms with Crippen molar-refractivity contribution in [3.63, 3.8) is 0 Å². The Morgan fingerprint density at radius 1 is 0.872 bits per heavy atom. The van der Waals surface area contributed by atoms with E-state index in [2.05, 4.69) is 0 Å². The molecule has 3 saturated heterocycles. The normalized spacial score (nSPS) is 31.8. The average molecular weight is 533 g/mol. The van der Waals surface area contributed by atoms with E-state index in [1.807, 2.05) is 105 Å². The molecule has 9 nitrogen and oxygen atoms in total. The minimum atomic E-state index is -1.12. The molecule has 39 heavy (non-hydrogen) atoms. The third-order valence-electron chi connectivity index (χ3n) is 7.44. The van der Waals surface area contributed by atoms with E-state index in [0.717, 1.165) is 16.7 Å². The Hall–Kier alpha value is -3.18. The van der Waals surface area contributed by atoms with Crippen molar-refractivity contribution >= 4 is 0 Å². The molecule has 0 aromatic heterocycles. The third-order valence-corrected chi connectivity index (χ3v) is 7.44. The summed E-state index contributed by atoms with van der Waals surface area (Å²) in [6.45, 7) is 4.29. The van der Waals surface area contributed by atoms with Gasteiger partial charge in [0.05, 0.1) is 6.61 Å². The number of ether oxygens (including phenoxy) is 4. The number of benzene rings is 3. The minimum Gasteiger partial charge on any atom is -0.368 e. The summed E-state index contributed by atoms with van der Waals surface area (Å²) in [5.41, 5.74) is 2.68. The molecule has 3 fully saturated rings. The molecule has 6 rings (SSSR count). The molecule has 204 valence electrons. The molecule has 0 amide bonds. The second kappa shape index (κ2) is 10.8. The molecular weight excluding hydrogens is 500 g/mol. The van der Waals surface area contributed by atoms with Gasteiger partial charge in [-0.2, -0.15) is 5.06 Å². The molecule has 0 spiro atoms. The van der Waals surface area contributed by atoms with Crippen molar-refractivity contribution in [1.29, 1.82) is 0 Å². The maximum Gasteiger partial charge on any atom is 0.265 e. The van der Waals surface area contributed by atoms with Crippen molar-refractivity contribution in [3.8, 4) is 0 Å². The first-order chi connectivity index (χ1) is 18.9. The fraction of sp³-hybridized carbons (Fsp3) is 0.400. The Kier molecular flexibility index (Phi) is 7.20. The second-order valence-corrected chi connectivity index (χ2v) is 10.6. The van der Waals surface area contributed by atoms with Gasteiger partial charge in [-0.25, -0.2) is 0 Å². The molecule has 3 heterocycles. The predicted molar refractivity (Wildman–Crippen MR) is 141 cm³/mol. The van der Waals surface area contributed by atoms with Gasteiger partial charge in [-0.3, -0.25) is 15.0 Å². The highest BCUT2D eigenvalue weighted by molar-refractivity contribution is 5.22. The van der Waals surface area contributed by atoms with Crippen LogP contribution in [0.1, 0.15) is 36.6 Å². The van der Waals surface area contributed by atoms with Crippen LogP contribution in [-0.2, 0) is 36.9 Å². The van der Waals surface area contributed by atoms with E-state index in [-0.39, 0.29) is 4.92 Å². The van der Waals surface area contributed by atoms with Crippen LogP contribution in [0, 0.1) is 10.1 Å². The lowest BCUT2D eigenvalue weighted by Gasteiger charge is -2.32. The van der Waals surface area contributed by atoms with Crippen LogP contribution in [0.4, 0.5) is 0 Å². The fourth-order valence-electron chi connectivity index (χ4n) is 5.76. The lowest BCUT2D eigenvalue weighted by Crippen LogP contribution is -2.53. The molecule has 3 aliphatic rings. The second-order valence-electron chi connectivity index (χ2n) is 10.6. The zero-order chi connectivity index (χ0) is 27.0. The smallest absolute Gasteiger partial charge is 0.265 e. The molecule has 0 radical (unpaired) electrons.